The smallest absolute Gasteiger partial charge is 0.262 e. The molecule has 1 N–H and O–H groups in total. The normalized spacial score (nSPS) is 15.7. The molecule has 2 heterocycles. The third-order valence-corrected chi connectivity index (χ3v) is 6.17. The van der Waals surface area contributed by atoms with Crippen molar-refractivity contribution < 1.29 is 14.4 Å². The van der Waals surface area contributed by atoms with Crippen LogP contribution in [0.3, 0.4) is 0 Å². The number of fused-ring (bicyclic) bond motifs is 2. The molecule has 0 bridgehead atoms. The summed E-state index contributed by atoms with van der Waals surface area (Å²) in [5.41, 5.74) is 2.19. The van der Waals surface area contributed by atoms with Gasteiger partial charge in [-0.25, -0.2) is 0 Å². The van der Waals surface area contributed by atoms with E-state index in [-0.39, 0.29) is 6.54 Å². The van der Waals surface area contributed by atoms with Crippen LogP contribution in [0.1, 0.15) is 56.0 Å². The zero-order valence-electron chi connectivity index (χ0n) is 14.6. The molecule has 0 fully saturated rings. The number of amides is 3. The van der Waals surface area contributed by atoms with Gasteiger partial charge in [-0.05, 0) is 43.4 Å². The molecule has 0 saturated carbocycles. The number of aryl methyl sites for hydroxylation is 1. The highest BCUT2D eigenvalue weighted by Gasteiger charge is 2.36. The van der Waals surface area contributed by atoms with Gasteiger partial charge in [0.2, 0.25) is 5.91 Å². The van der Waals surface area contributed by atoms with Crippen LogP contribution in [-0.4, -0.2) is 29.2 Å². The van der Waals surface area contributed by atoms with Crippen LogP contribution in [-0.2, 0) is 17.6 Å². The van der Waals surface area contributed by atoms with Gasteiger partial charge in [-0.15, -0.1) is 11.3 Å². The Labute approximate surface area is 160 Å². The molecule has 27 heavy (non-hydrogen) atoms. The van der Waals surface area contributed by atoms with Crippen molar-refractivity contribution in [2.45, 2.75) is 32.1 Å². The van der Waals surface area contributed by atoms with E-state index < -0.39 is 17.7 Å². The fourth-order valence-corrected chi connectivity index (χ4v) is 4.90. The first-order valence-electron chi connectivity index (χ1n) is 8.90. The number of hydrogen-bond donors (Lipinski definition) is 1. The van der Waals surface area contributed by atoms with Crippen molar-refractivity contribution in [3.8, 4) is 6.07 Å². The number of carbonyl (C=O) groups excluding carboxylic acids is 3. The minimum Gasteiger partial charge on any atom is -0.315 e. The number of nitrogens with zero attached hydrogens (tertiary/aromatic N) is 2. The van der Waals surface area contributed by atoms with E-state index >= 15 is 0 Å². The van der Waals surface area contributed by atoms with Gasteiger partial charge in [0.05, 0.1) is 16.7 Å². The van der Waals surface area contributed by atoms with Gasteiger partial charge in [0.1, 0.15) is 17.6 Å². The molecule has 1 aromatic heterocycles. The number of benzene rings is 1. The number of thiophene rings is 1. The van der Waals surface area contributed by atoms with Crippen molar-refractivity contribution in [3.05, 3.63) is 51.4 Å². The summed E-state index contributed by atoms with van der Waals surface area (Å²) >= 11 is 1.43. The summed E-state index contributed by atoms with van der Waals surface area (Å²) in [7, 11) is 0. The molecule has 3 amide bonds. The Bertz CT molecular complexity index is 967. The minimum atomic E-state index is -0.475. The Kier molecular flexibility index (Phi) is 4.50. The van der Waals surface area contributed by atoms with Crippen LogP contribution in [0.25, 0.3) is 0 Å². The lowest BCUT2D eigenvalue weighted by Gasteiger charge is -2.13. The molecule has 1 aromatic carbocycles. The van der Waals surface area contributed by atoms with E-state index in [1.165, 1.54) is 11.3 Å². The molecule has 7 heteroatoms. The lowest BCUT2D eigenvalue weighted by Crippen LogP contribution is -2.37. The van der Waals surface area contributed by atoms with Crippen LogP contribution in [0.15, 0.2) is 24.3 Å². The average molecular weight is 379 g/mol. The predicted octanol–water partition coefficient (Wildman–Crippen LogP) is 3.12. The average Bonchev–Trinajstić information content (AvgIpc) is 2.99. The van der Waals surface area contributed by atoms with E-state index in [4.69, 9.17) is 0 Å². The number of hydrogen-bond acceptors (Lipinski definition) is 5. The number of anilines is 1. The Morgan fingerprint density at radius 1 is 1.11 bits per heavy atom. The molecule has 6 nitrogen and oxygen atoms in total. The standard InChI is InChI=1S/C20H17N3O3S/c21-10-15-12-6-2-1-3-9-16(12)27-18(15)22-17(24)11-23-19(25)13-7-4-5-8-14(13)20(23)26/h4-5,7-8H,1-3,6,9,11H2,(H,22,24). The second-order valence-corrected chi connectivity index (χ2v) is 7.78. The highest BCUT2D eigenvalue weighted by atomic mass is 32.1. The summed E-state index contributed by atoms with van der Waals surface area (Å²) < 4.78 is 0. The van der Waals surface area contributed by atoms with Crippen molar-refractivity contribution in [1.82, 2.24) is 4.90 Å². The highest BCUT2D eigenvalue weighted by molar-refractivity contribution is 7.16. The van der Waals surface area contributed by atoms with Crippen molar-refractivity contribution >= 4 is 34.1 Å². The van der Waals surface area contributed by atoms with Crippen LogP contribution < -0.4 is 5.32 Å². The van der Waals surface area contributed by atoms with Gasteiger partial charge in [0.25, 0.3) is 11.8 Å². The molecule has 0 radical (unpaired) electrons. The van der Waals surface area contributed by atoms with Crippen LogP contribution in [0.2, 0.25) is 0 Å². The van der Waals surface area contributed by atoms with Crippen LogP contribution in [0.4, 0.5) is 5.00 Å². The van der Waals surface area contributed by atoms with E-state index in [0.29, 0.717) is 21.7 Å². The molecule has 1 aliphatic heterocycles. The topological polar surface area (TPSA) is 90.3 Å². The molecule has 0 spiro atoms. The number of carbonyl (C=O) groups is 3. The third-order valence-electron chi connectivity index (χ3n) is 4.97. The van der Waals surface area contributed by atoms with E-state index in [2.05, 4.69) is 11.4 Å². The first-order valence-corrected chi connectivity index (χ1v) is 9.71. The highest BCUT2D eigenvalue weighted by Crippen LogP contribution is 2.37. The first-order chi connectivity index (χ1) is 13.1. The lowest BCUT2D eigenvalue weighted by molar-refractivity contribution is -0.116. The van der Waals surface area contributed by atoms with Gasteiger partial charge < -0.3 is 5.32 Å². The zero-order chi connectivity index (χ0) is 19.0. The van der Waals surface area contributed by atoms with Gasteiger partial charge >= 0.3 is 0 Å². The summed E-state index contributed by atoms with van der Waals surface area (Å²) in [6.45, 7) is -0.361. The van der Waals surface area contributed by atoms with Crippen LogP contribution in [0, 0.1) is 11.3 Å². The summed E-state index contributed by atoms with van der Waals surface area (Å²) in [5, 5.41) is 12.8. The maximum Gasteiger partial charge on any atom is 0.262 e. The Balaban J connectivity index is 1.52. The minimum absolute atomic E-state index is 0.316. The predicted molar refractivity (Wildman–Crippen MR) is 101 cm³/mol. The maximum atomic E-state index is 12.5. The van der Waals surface area contributed by atoms with Crippen molar-refractivity contribution in [3.63, 3.8) is 0 Å². The Morgan fingerprint density at radius 2 is 1.78 bits per heavy atom. The molecule has 4 rings (SSSR count). The Hall–Kier alpha value is -2.98. The summed E-state index contributed by atoms with van der Waals surface area (Å²) in [5.74, 6) is -1.40. The molecule has 136 valence electrons. The molecule has 0 atom stereocenters. The fraction of sp³-hybridized carbons (Fsp3) is 0.300. The molecule has 2 aliphatic rings. The number of rotatable bonds is 3. The summed E-state index contributed by atoms with van der Waals surface area (Å²) in [6, 6.07) is 8.74. The Morgan fingerprint density at radius 3 is 2.44 bits per heavy atom. The van der Waals surface area contributed by atoms with Gasteiger partial charge in [-0.2, -0.15) is 5.26 Å². The third kappa shape index (κ3) is 3.02. The molecule has 0 unspecified atom stereocenters. The monoisotopic (exact) mass is 379 g/mol. The fourth-order valence-electron chi connectivity index (χ4n) is 3.64. The van der Waals surface area contributed by atoms with Crippen molar-refractivity contribution in [2.75, 3.05) is 11.9 Å². The van der Waals surface area contributed by atoms with E-state index in [1.807, 2.05) is 0 Å². The van der Waals surface area contributed by atoms with Gasteiger partial charge in [0.15, 0.2) is 0 Å². The zero-order valence-corrected chi connectivity index (χ0v) is 15.4. The molecule has 2 aromatic rings. The number of nitriles is 1. The largest absolute Gasteiger partial charge is 0.315 e. The molecular weight excluding hydrogens is 362 g/mol. The quantitative estimate of drug-likeness (QED) is 0.655. The number of imide groups is 1. The molecular formula is C20H17N3O3S. The van der Waals surface area contributed by atoms with E-state index in [0.717, 1.165) is 47.4 Å². The van der Waals surface area contributed by atoms with Crippen LogP contribution in [0.5, 0.6) is 0 Å². The van der Waals surface area contributed by atoms with Crippen molar-refractivity contribution in [1.29, 1.82) is 5.26 Å². The van der Waals surface area contributed by atoms with E-state index in [1.54, 1.807) is 24.3 Å². The SMILES string of the molecule is N#Cc1c(NC(=O)CN2C(=O)c3ccccc3C2=O)sc2c1CCCCC2. The summed E-state index contributed by atoms with van der Waals surface area (Å²) in [4.78, 5) is 39.4. The second-order valence-electron chi connectivity index (χ2n) is 6.67. The lowest BCUT2D eigenvalue weighted by atomic mass is 10.1. The second kappa shape index (κ2) is 6.97. The maximum absolute atomic E-state index is 12.5. The van der Waals surface area contributed by atoms with Gasteiger partial charge in [-0.3, -0.25) is 19.3 Å². The van der Waals surface area contributed by atoms with Gasteiger partial charge in [0, 0.05) is 4.88 Å². The number of nitrogens with one attached hydrogen (secondary N) is 1. The molecule has 0 saturated heterocycles. The van der Waals surface area contributed by atoms with Crippen molar-refractivity contribution in [2.24, 2.45) is 0 Å². The van der Waals surface area contributed by atoms with Gasteiger partial charge in [-0.1, -0.05) is 18.6 Å². The first kappa shape index (κ1) is 17.4. The van der Waals surface area contributed by atoms with Crippen LogP contribution >= 0.6 is 11.3 Å². The van der Waals surface area contributed by atoms with E-state index in [9.17, 15) is 19.6 Å². The summed E-state index contributed by atoms with van der Waals surface area (Å²) in [6.07, 6.45) is 5.04. The molecule has 1 aliphatic carbocycles.